The minimum absolute atomic E-state index is 0. The van der Waals surface area contributed by atoms with Gasteiger partial charge in [0.2, 0.25) is 0 Å². The molecule has 0 atom stereocenters. The standard InChI is InChI=1S/C5H8O2.H2O/c1-2-3-4-5(6)7;/h2H,1,3-4H2,(H,6,7);1H2. The molecule has 0 aliphatic carbocycles. The number of carbonyl (C=O) groups is 1. The smallest absolute Gasteiger partial charge is 0.303 e. The Morgan fingerprint density at radius 1 is 1.75 bits per heavy atom. The average molecular weight is 118 g/mol. The van der Waals surface area contributed by atoms with Gasteiger partial charge in [0.15, 0.2) is 0 Å². The fourth-order valence-electron chi connectivity index (χ4n) is 0.226. The molecule has 0 aliphatic heterocycles. The second-order valence-electron chi connectivity index (χ2n) is 1.22. The van der Waals surface area contributed by atoms with E-state index in [2.05, 4.69) is 6.58 Å². The maximum absolute atomic E-state index is 9.71. The van der Waals surface area contributed by atoms with Gasteiger partial charge in [0.1, 0.15) is 0 Å². The van der Waals surface area contributed by atoms with Gasteiger partial charge < -0.3 is 10.6 Å². The summed E-state index contributed by atoms with van der Waals surface area (Å²) >= 11 is 0. The Labute approximate surface area is 47.9 Å². The molecule has 0 radical (unpaired) electrons. The Balaban J connectivity index is 0. The molecule has 3 N–H and O–H groups in total. The van der Waals surface area contributed by atoms with Crippen molar-refractivity contribution in [3.8, 4) is 0 Å². The highest BCUT2D eigenvalue weighted by Gasteiger charge is 1.89. The van der Waals surface area contributed by atoms with Crippen molar-refractivity contribution in [3.05, 3.63) is 12.7 Å². The fourth-order valence-corrected chi connectivity index (χ4v) is 0.226. The van der Waals surface area contributed by atoms with Crippen LogP contribution in [0.1, 0.15) is 12.8 Å². The van der Waals surface area contributed by atoms with Crippen LogP contribution in [0.25, 0.3) is 0 Å². The maximum atomic E-state index is 9.71. The van der Waals surface area contributed by atoms with E-state index in [4.69, 9.17) is 5.11 Å². The number of carboxylic acids is 1. The van der Waals surface area contributed by atoms with Gasteiger partial charge in [-0.15, -0.1) is 6.58 Å². The van der Waals surface area contributed by atoms with Gasteiger partial charge >= 0.3 is 5.97 Å². The van der Waals surface area contributed by atoms with Crippen LogP contribution in [0.4, 0.5) is 0 Å². The second-order valence-corrected chi connectivity index (χ2v) is 1.22. The van der Waals surface area contributed by atoms with Gasteiger partial charge in [-0.1, -0.05) is 6.08 Å². The van der Waals surface area contributed by atoms with Gasteiger partial charge in [-0.3, -0.25) is 4.79 Å². The largest absolute Gasteiger partial charge is 0.481 e. The van der Waals surface area contributed by atoms with Crippen LogP contribution in [0, 0.1) is 0 Å². The molecule has 0 fully saturated rings. The van der Waals surface area contributed by atoms with E-state index >= 15 is 0 Å². The van der Waals surface area contributed by atoms with Crippen LogP contribution in [0.2, 0.25) is 0 Å². The quantitative estimate of drug-likeness (QED) is 0.538. The minimum atomic E-state index is -0.764. The van der Waals surface area contributed by atoms with Crippen LogP contribution in [0.3, 0.4) is 0 Å². The summed E-state index contributed by atoms with van der Waals surface area (Å²) in [5.41, 5.74) is 0. The summed E-state index contributed by atoms with van der Waals surface area (Å²) in [6.07, 6.45) is 2.35. The van der Waals surface area contributed by atoms with Crippen LogP contribution in [0.15, 0.2) is 12.7 Å². The van der Waals surface area contributed by atoms with Crippen molar-refractivity contribution in [1.82, 2.24) is 0 Å². The number of carboxylic acid groups (broad SMARTS) is 1. The lowest BCUT2D eigenvalue weighted by Crippen LogP contribution is -1.90. The lowest BCUT2D eigenvalue weighted by Gasteiger charge is -1.82. The van der Waals surface area contributed by atoms with Gasteiger partial charge in [0, 0.05) is 6.42 Å². The molecule has 3 heteroatoms. The molecule has 48 valence electrons. The zero-order chi connectivity index (χ0) is 5.70. The van der Waals surface area contributed by atoms with E-state index in [1.807, 2.05) is 0 Å². The molecule has 0 aliphatic rings. The first-order valence-corrected chi connectivity index (χ1v) is 2.10. The second kappa shape index (κ2) is 6.17. The Morgan fingerprint density at radius 2 is 2.25 bits per heavy atom. The molecule has 0 saturated carbocycles. The predicted molar refractivity (Wildman–Crippen MR) is 30.7 cm³/mol. The van der Waals surface area contributed by atoms with Crippen LogP contribution < -0.4 is 0 Å². The molecular formula is C5H10O3. The molecule has 0 aromatic carbocycles. The lowest BCUT2D eigenvalue weighted by atomic mass is 10.3. The van der Waals surface area contributed by atoms with E-state index in [0.717, 1.165) is 0 Å². The average Bonchev–Trinajstić information content (AvgIpc) is 1.61. The molecule has 3 nitrogen and oxygen atoms in total. The number of hydrogen-bond acceptors (Lipinski definition) is 1. The predicted octanol–water partition coefficient (Wildman–Crippen LogP) is 0.213. The molecular weight excluding hydrogens is 108 g/mol. The monoisotopic (exact) mass is 118 g/mol. The van der Waals surface area contributed by atoms with Crippen LogP contribution in [-0.2, 0) is 4.79 Å². The minimum Gasteiger partial charge on any atom is -0.481 e. The van der Waals surface area contributed by atoms with Crippen molar-refractivity contribution < 1.29 is 15.4 Å². The third-order valence-corrected chi connectivity index (χ3v) is 0.562. The Kier molecular flexibility index (Phi) is 7.88. The normalized spacial score (nSPS) is 7.00. The molecule has 0 unspecified atom stereocenters. The number of rotatable bonds is 3. The van der Waals surface area contributed by atoms with Gasteiger partial charge in [-0.2, -0.15) is 0 Å². The molecule has 0 rings (SSSR count). The number of hydrogen-bond donors (Lipinski definition) is 1. The van der Waals surface area contributed by atoms with Gasteiger partial charge in [-0.25, -0.2) is 0 Å². The van der Waals surface area contributed by atoms with Crippen LogP contribution in [-0.4, -0.2) is 16.6 Å². The Morgan fingerprint density at radius 3 is 2.38 bits per heavy atom. The Hall–Kier alpha value is -0.830. The lowest BCUT2D eigenvalue weighted by molar-refractivity contribution is -0.136. The molecule has 0 aromatic rings. The zero-order valence-electron chi connectivity index (χ0n) is 4.55. The van der Waals surface area contributed by atoms with E-state index in [9.17, 15) is 4.79 Å². The summed E-state index contributed by atoms with van der Waals surface area (Å²) < 4.78 is 0. The SMILES string of the molecule is C=CCCC(=O)O.O. The highest BCUT2D eigenvalue weighted by molar-refractivity contribution is 5.66. The number of aliphatic carboxylic acids is 1. The topological polar surface area (TPSA) is 68.8 Å². The first-order chi connectivity index (χ1) is 3.27. The van der Waals surface area contributed by atoms with E-state index in [1.54, 1.807) is 6.08 Å². The summed E-state index contributed by atoms with van der Waals surface area (Å²) in [6.45, 7) is 3.37. The third-order valence-electron chi connectivity index (χ3n) is 0.562. The van der Waals surface area contributed by atoms with Crippen molar-refractivity contribution in [2.24, 2.45) is 0 Å². The van der Waals surface area contributed by atoms with Crippen LogP contribution in [0.5, 0.6) is 0 Å². The summed E-state index contributed by atoms with van der Waals surface area (Å²) in [5, 5.41) is 8.00. The summed E-state index contributed by atoms with van der Waals surface area (Å²) in [7, 11) is 0. The molecule has 0 heterocycles. The summed E-state index contributed by atoms with van der Waals surface area (Å²) in [4.78, 5) is 9.71. The Bertz CT molecular complexity index is 77.7. The molecule has 8 heavy (non-hydrogen) atoms. The van der Waals surface area contributed by atoms with Crippen LogP contribution >= 0.6 is 0 Å². The first-order valence-electron chi connectivity index (χ1n) is 2.10. The molecule has 0 saturated heterocycles. The van der Waals surface area contributed by atoms with Crippen molar-refractivity contribution in [3.63, 3.8) is 0 Å². The molecule has 0 bridgehead atoms. The summed E-state index contributed by atoms with van der Waals surface area (Å²) in [6, 6.07) is 0. The van der Waals surface area contributed by atoms with E-state index < -0.39 is 5.97 Å². The molecule has 0 aromatic heterocycles. The zero-order valence-corrected chi connectivity index (χ0v) is 4.55. The van der Waals surface area contributed by atoms with Crippen molar-refractivity contribution in [2.45, 2.75) is 12.8 Å². The van der Waals surface area contributed by atoms with Crippen molar-refractivity contribution >= 4 is 5.97 Å². The number of allylic oxidation sites excluding steroid dienone is 1. The molecule has 0 amide bonds. The van der Waals surface area contributed by atoms with Gasteiger partial charge in [-0.05, 0) is 6.42 Å². The highest BCUT2D eigenvalue weighted by Crippen LogP contribution is 1.86. The van der Waals surface area contributed by atoms with E-state index in [-0.39, 0.29) is 11.9 Å². The summed E-state index contributed by atoms with van der Waals surface area (Å²) in [5.74, 6) is -0.764. The highest BCUT2D eigenvalue weighted by atomic mass is 16.4. The van der Waals surface area contributed by atoms with Gasteiger partial charge in [0.25, 0.3) is 0 Å². The first kappa shape index (κ1) is 10.2. The van der Waals surface area contributed by atoms with E-state index in [1.165, 1.54) is 0 Å². The van der Waals surface area contributed by atoms with E-state index in [0.29, 0.717) is 6.42 Å². The molecule has 0 spiro atoms. The van der Waals surface area contributed by atoms with Crippen molar-refractivity contribution in [2.75, 3.05) is 0 Å². The fraction of sp³-hybridized carbons (Fsp3) is 0.400. The third kappa shape index (κ3) is 8.95. The maximum Gasteiger partial charge on any atom is 0.303 e. The van der Waals surface area contributed by atoms with Crippen molar-refractivity contribution in [1.29, 1.82) is 0 Å². The van der Waals surface area contributed by atoms with Gasteiger partial charge in [0.05, 0.1) is 0 Å².